The second-order valence-electron chi connectivity index (χ2n) is 4.40. The second-order valence-corrected chi connectivity index (χ2v) is 4.40. The van der Waals surface area contributed by atoms with Gasteiger partial charge >= 0.3 is 5.97 Å². The molecule has 0 amide bonds. The molecule has 5 heteroatoms. The lowest BCUT2D eigenvalue weighted by Gasteiger charge is -2.33. The molecule has 94 valence electrons. The Balaban J connectivity index is 2.62. The Bertz CT molecular complexity index is 231. The molecule has 16 heavy (non-hydrogen) atoms. The van der Waals surface area contributed by atoms with Gasteiger partial charge in [-0.25, -0.2) is 0 Å². The fourth-order valence-electron chi connectivity index (χ4n) is 2.07. The minimum Gasteiger partial charge on any atom is -0.480 e. The first-order chi connectivity index (χ1) is 7.61. The van der Waals surface area contributed by atoms with E-state index < -0.39 is 12.0 Å². The van der Waals surface area contributed by atoms with Gasteiger partial charge in [-0.05, 0) is 25.7 Å². The van der Waals surface area contributed by atoms with Crippen molar-refractivity contribution in [2.45, 2.75) is 31.8 Å². The quantitative estimate of drug-likeness (QED) is 0.620. The van der Waals surface area contributed by atoms with Crippen LogP contribution in [0.15, 0.2) is 0 Å². The first-order valence-corrected chi connectivity index (χ1v) is 5.79. The normalized spacial score (nSPS) is 19.8. The van der Waals surface area contributed by atoms with Gasteiger partial charge in [0.2, 0.25) is 0 Å². The number of aliphatic carboxylic acids is 1. The van der Waals surface area contributed by atoms with Crippen molar-refractivity contribution in [1.29, 1.82) is 0 Å². The number of ether oxygens (including phenoxy) is 1. The van der Waals surface area contributed by atoms with Crippen molar-refractivity contribution < 1.29 is 14.6 Å². The summed E-state index contributed by atoms with van der Waals surface area (Å²) < 4.78 is 5.02. The van der Waals surface area contributed by atoms with Gasteiger partial charge in [0.15, 0.2) is 0 Å². The largest absolute Gasteiger partial charge is 0.480 e. The minimum atomic E-state index is -0.842. The Kier molecular flexibility index (Phi) is 5.18. The minimum absolute atomic E-state index is 0.149. The first-order valence-electron chi connectivity index (χ1n) is 5.79. The molecule has 0 spiro atoms. The third-order valence-electron chi connectivity index (χ3n) is 3.29. The number of carboxylic acids is 1. The Hall–Kier alpha value is -0.650. The van der Waals surface area contributed by atoms with E-state index in [9.17, 15) is 4.79 Å². The van der Waals surface area contributed by atoms with Crippen LogP contribution in [-0.2, 0) is 9.53 Å². The molecule has 0 saturated heterocycles. The van der Waals surface area contributed by atoms with Crippen LogP contribution < -0.4 is 5.73 Å². The van der Waals surface area contributed by atoms with Gasteiger partial charge < -0.3 is 15.6 Å². The monoisotopic (exact) mass is 230 g/mol. The van der Waals surface area contributed by atoms with Crippen LogP contribution in [0.4, 0.5) is 0 Å². The van der Waals surface area contributed by atoms with Crippen LogP contribution in [0, 0.1) is 5.92 Å². The molecule has 0 aromatic rings. The highest BCUT2D eigenvalue weighted by Gasteiger charge is 2.36. The van der Waals surface area contributed by atoms with E-state index in [1.807, 2.05) is 4.90 Å². The smallest absolute Gasteiger partial charge is 0.322 e. The van der Waals surface area contributed by atoms with Gasteiger partial charge in [-0.3, -0.25) is 9.69 Å². The lowest BCUT2D eigenvalue weighted by Crippen LogP contribution is -2.52. The molecule has 5 nitrogen and oxygen atoms in total. The molecule has 2 unspecified atom stereocenters. The van der Waals surface area contributed by atoms with Crippen molar-refractivity contribution >= 4 is 5.97 Å². The fourth-order valence-corrected chi connectivity index (χ4v) is 2.07. The van der Waals surface area contributed by atoms with E-state index in [1.54, 1.807) is 7.11 Å². The summed E-state index contributed by atoms with van der Waals surface area (Å²) in [5, 5.41) is 9.13. The molecule has 0 bridgehead atoms. The molecule has 0 aliphatic heterocycles. The molecular formula is C11H22N2O3. The molecule has 1 fully saturated rings. The van der Waals surface area contributed by atoms with E-state index in [0.29, 0.717) is 19.1 Å². The Morgan fingerprint density at radius 1 is 1.62 bits per heavy atom. The van der Waals surface area contributed by atoms with Crippen molar-refractivity contribution in [2.24, 2.45) is 11.7 Å². The maximum absolute atomic E-state index is 11.1. The van der Waals surface area contributed by atoms with Gasteiger partial charge in [-0.2, -0.15) is 0 Å². The third-order valence-corrected chi connectivity index (χ3v) is 3.29. The van der Waals surface area contributed by atoms with E-state index in [1.165, 1.54) is 12.8 Å². The summed E-state index contributed by atoms with van der Waals surface area (Å²) in [6.07, 6.45) is 2.39. The van der Waals surface area contributed by atoms with Gasteiger partial charge in [-0.15, -0.1) is 0 Å². The number of carboxylic acid groups (broad SMARTS) is 1. The molecule has 1 rings (SSSR count). The number of carbonyl (C=O) groups is 1. The average Bonchev–Trinajstić information content (AvgIpc) is 3.06. The van der Waals surface area contributed by atoms with Crippen molar-refractivity contribution in [3.05, 3.63) is 0 Å². The van der Waals surface area contributed by atoms with Crippen molar-refractivity contribution in [2.75, 3.05) is 26.8 Å². The summed E-state index contributed by atoms with van der Waals surface area (Å²) in [7, 11) is 1.62. The van der Waals surface area contributed by atoms with Gasteiger partial charge in [0.1, 0.15) is 6.04 Å². The fraction of sp³-hybridized carbons (Fsp3) is 0.909. The summed E-state index contributed by atoms with van der Waals surface area (Å²) >= 11 is 0. The average molecular weight is 230 g/mol. The third kappa shape index (κ3) is 3.43. The second kappa shape index (κ2) is 6.18. The maximum Gasteiger partial charge on any atom is 0.322 e. The molecule has 1 aliphatic carbocycles. The topological polar surface area (TPSA) is 75.8 Å². The summed E-state index contributed by atoms with van der Waals surface area (Å²) in [5.74, 6) is -0.212. The molecule has 1 saturated carbocycles. The van der Waals surface area contributed by atoms with Crippen LogP contribution in [0.25, 0.3) is 0 Å². The summed E-state index contributed by atoms with van der Waals surface area (Å²) in [4.78, 5) is 13.1. The standard InChI is InChI=1S/C11H22N2O3/c1-8(9-3-4-9)13(5-6-16-2)10(7-12)11(14)15/h8-10H,3-7,12H2,1-2H3,(H,14,15). The van der Waals surface area contributed by atoms with Crippen LogP contribution in [0.2, 0.25) is 0 Å². The van der Waals surface area contributed by atoms with Gasteiger partial charge in [0, 0.05) is 26.2 Å². The number of hydrogen-bond donors (Lipinski definition) is 2. The molecule has 0 aromatic carbocycles. The Morgan fingerprint density at radius 2 is 2.25 bits per heavy atom. The molecule has 1 aliphatic rings. The number of nitrogens with two attached hydrogens (primary N) is 1. The summed E-state index contributed by atoms with van der Waals surface area (Å²) in [6.45, 7) is 3.40. The highest BCUT2D eigenvalue weighted by molar-refractivity contribution is 5.73. The zero-order valence-electron chi connectivity index (χ0n) is 10.1. The van der Waals surface area contributed by atoms with Crippen molar-refractivity contribution in [3.63, 3.8) is 0 Å². The molecule has 0 aromatic heterocycles. The number of rotatable bonds is 8. The lowest BCUT2D eigenvalue weighted by molar-refractivity contribution is -0.144. The number of nitrogens with zero attached hydrogens (tertiary/aromatic N) is 1. The molecular weight excluding hydrogens is 208 g/mol. The summed E-state index contributed by atoms with van der Waals surface area (Å²) in [5.41, 5.74) is 5.54. The van der Waals surface area contributed by atoms with Crippen molar-refractivity contribution in [3.8, 4) is 0 Å². The highest BCUT2D eigenvalue weighted by atomic mass is 16.5. The zero-order chi connectivity index (χ0) is 12.1. The van der Waals surface area contributed by atoms with Crippen molar-refractivity contribution in [1.82, 2.24) is 4.90 Å². The maximum atomic E-state index is 11.1. The predicted molar refractivity (Wildman–Crippen MR) is 61.2 cm³/mol. The first kappa shape index (κ1) is 13.4. The summed E-state index contributed by atoms with van der Waals surface area (Å²) in [6, 6.07) is -0.314. The van der Waals surface area contributed by atoms with Crippen LogP contribution in [-0.4, -0.2) is 54.9 Å². The molecule has 2 atom stereocenters. The molecule has 0 heterocycles. The number of hydrogen-bond acceptors (Lipinski definition) is 4. The van der Waals surface area contributed by atoms with Crippen LogP contribution in [0.5, 0.6) is 0 Å². The lowest BCUT2D eigenvalue weighted by atomic mass is 10.1. The molecule has 3 N–H and O–H groups in total. The van der Waals surface area contributed by atoms with E-state index in [-0.39, 0.29) is 12.6 Å². The van der Waals surface area contributed by atoms with Crippen LogP contribution in [0.3, 0.4) is 0 Å². The molecule has 0 radical (unpaired) electrons. The number of methoxy groups -OCH3 is 1. The van der Waals surface area contributed by atoms with E-state index in [4.69, 9.17) is 15.6 Å². The zero-order valence-corrected chi connectivity index (χ0v) is 10.1. The van der Waals surface area contributed by atoms with Crippen LogP contribution in [0.1, 0.15) is 19.8 Å². The van der Waals surface area contributed by atoms with Gasteiger partial charge in [0.25, 0.3) is 0 Å². The van der Waals surface area contributed by atoms with Gasteiger partial charge in [-0.1, -0.05) is 0 Å². The Morgan fingerprint density at radius 3 is 2.62 bits per heavy atom. The highest BCUT2D eigenvalue weighted by Crippen LogP contribution is 2.35. The van der Waals surface area contributed by atoms with Crippen LogP contribution >= 0.6 is 0 Å². The van der Waals surface area contributed by atoms with E-state index in [0.717, 1.165) is 0 Å². The van der Waals surface area contributed by atoms with E-state index >= 15 is 0 Å². The Labute approximate surface area is 96.6 Å². The van der Waals surface area contributed by atoms with Gasteiger partial charge in [0.05, 0.1) is 6.61 Å². The van der Waals surface area contributed by atoms with E-state index in [2.05, 4.69) is 6.92 Å². The SMILES string of the molecule is COCCN(C(CN)C(=O)O)C(C)C1CC1. The predicted octanol–water partition coefficient (Wildman–Crippen LogP) is 0.145.